The number of carbonyl (C=O) groups is 1. The summed E-state index contributed by atoms with van der Waals surface area (Å²) in [6.07, 6.45) is 2.59. The number of rotatable bonds is 7. The lowest BCUT2D eigenvalue weighted by Gasteiger charge is -2.34. The van der Waals surface area contributed by atoms with Gasteiger partial charge in [0.15, 0.2) is 0 Å². The Morgan fingerprint density at radius 3 is 1.94 bits per heavy atom. The van der Waals surface area contributed by atoms with Crippen LogP contribution in [0.1, 0.15) is 60.3 Å². The van der Waals surface area contributed by atoms with Gasteiger partial charge in [0.05, 0.1) is 4.83 Å². The minimum atomic E-state index is -0.547. The van der Waals surface area contributed by atoms with E-state index in [1.165, 1.54) is 0 Å². The fourth-order valence-corrected chi connectivity index (χ4v) is 2.56. The molecule has 0 saturated heterocycles. The molecule has 0 spiro atoms. The summed E-state index contributed by atoms with van der Waals surface area (Å²) in [5.74, 6) is 0. The van der Waals surface area contributed by atoms with Crippen molar-refractivity contribution >= 4 is 22.1 Å². The Labute approximate surface area is 113 Å². The van der Waals surface area contributed by atoms with Gasteiger partial charge in [0, 0.05) is 0 Å². The molecular weight excluding hydrogens is 284 g/mol. The van der Waals surface area contributed by atoms with Crippen molar-refractivity contribution in [2.75, 3.05) is 0 Å². The summed E-state index contributed by atoms with van der Waals surface area (Å²) in [4.78, 5) is 11.9. The summed E-state index contributed by atoms with van der Waals surface area (Å²) < 4.78 is 10.8. The summed E-state index contributed by atoms with van der Waals surface area (Å²) in [5, 5.41) is 0. The first kappa shape index (κ1) is 16.8. The van der Waals surface area contributed by atoms with Gasteiger partial charge in [-0.1, -0.05) is 43.6 Å². The molecule has 0 aliphatic rings. The van der Waals surface area contributed by atoms with Crippen molar-refractivity contribution in [2.45, 2.75) is 76.8 Å². The highest BCUT2D eigenvalue weighted by Crippen LogP contribution is 2.30. The molecule has 0 aliphatic heterocycles. The van der Waals surface area contributed by atoms with Gasteiger partial charge in [-0.25, -0.2) is 4.79 Å². The molecule has 0 amide bonds. The maximum atomic E-state index is 11.7. The van der Waals surface area contributed by atoms with Gasteiger partial charge in [-0.2, -0.15) is 0 Å². The summed E-state index contributed by atoms with van der Waals surface area (Å²) in [5.41, 5.74) is -0.469. The van der Waals surface area contributed by atoms with E-state index >= 15 is 0 Å². The van der Waals surface area contributed by atoms with Gasteiger partial charge in [0.1, 0.15) is 11.7 Å². The van der Waals surface area contributed by atoms with E-state index in [1.54, 1.807) is 0 Å². The first-order valence-corrected chi connectivity index (χ1v) is 7.40. The van der Waals surface area contributed by atoms with Gasteiger partial charge in [-0.3, -0.25) is 0 Å². The fraction of sp³-hybridized carbons (Fsp3) is 0.923. The number of hydrogen-bond acceptors (Lipinski definition) is 3. The van der Waals surface area contributed by atoms with Crippen molar-refractivity contribution < 1.29 is 14.3 Å². The monoisotopic (exact) mass is 308 g/mol. The maximum absolute atomic E-state index is 11.7. The number of carbonyl (C=O) groups excluding carboxylic acids is 1. The Hall–Kier alpha value is -0.250. The molecule has 4 heteroatoms. The molecule has 1 atom stereocenters. The normalized spacial score (nSPS) is 13.6. The molecule has 0 aliphatic carbocycles. The van der Waals surface area contributed by atoms with E-state index in [0.717, 1.165) is 25.7 Å². The lowest BCUT2D eigenvalue weighted by molar-refractivity contribution is -0.0535. The van der Waals surface area contributed by atoms with Crippen LogP contribution in [-0.2, 0) is 9.47 Å². The second-order valence-electron chi connectivity index (χ2n) is 4.30. The van der Waals surface area contributed by atoms with Crippen molar-refractivity contribution in [3.8, 4) is 0 Å². The topological polar surface area (TPSA) is 35.5 Å². The number of alkyl halides is 1. The van der Waals surface area contributed by atoms with Gasteiger partial charge in [0.2, 0.25) is 0 Å². The first-order chi connectivity index (χ1) is 7.95. The molecule has 0 N–H and O–H groups in total. The van der Waals surface area contributed by atoms with Crippen LogP contribution in [0, 0.1) is 0 Å². The van der Waals surface area contributed by atoms with Gasteiger partial charge in [-0.05, 0) is 32.6 Å². The van der Waals surface area contributed by atoms with Gasteiger partial charge in [-0.15, -0.1) is 0 Å². The molecule has 1 unspecified atom stereocenters. The van der Waals surface area contributed by atoms with Crippen molar-refractivity contribution in [3.05, 3.63) is 0 Å². The molecule has 0 aromatic carbocycles. The van der Waals surface area contributed by atoms with Gasteiger partial charge >= 0.3 is 6.16 Å². The fourth-order valence-electron chi connectivity index (χ4n) is 1.82. The molecular formula is C13H25BrO3. The van der Waals surface area contributed by atoms with Crippen LogP contribution in [-0.4, -0.2) is 22.7 Å². The van der Waals surface area contributed by atoms with Crippen molar-refractivity contribution in [1.82, 2.24) is 0 Å². The highest BCUT2D eigenvalue weighted by atomic mass is 79.9. The third-order valence-electron chi connectivity index (χ3n) is 3.38. The predicted molar refractivity (Wildman–Crippen MR) is 73.6 cm³/mol. The van der Waals surface area contributed by atoms with Crippen molar-refractivity contribution in [3.63, 3.8) is 0 Å². The zero-order chi connectivity index (χ0) is 13.5. The summed E-state index contributed by atoms with van der Waals surface area (Å²) in [6.45, 7) is 10.0. The molecule has 102 valence electrons. The second kappa shape index (κ2) is 7.96. The minimum Gasteiger partial charge on any atom is -0.431 e. The lowest BCUT2D eigenvalue weighted by atomic mass is 9.94. The van der Waals surface area contributed by atoms with Crippen LogP contribution in [0.2, 0.25) is 0 Å². The lowest BCUT2D eigenvalue weighted by Crippen LogP contribution is -2.41. The van der Waals surface area contributed by atoms with E-state index in [4.69, 9.17) is 9.47 Å². The van der Waals surface area contributed by atoms with E-state index in [2.05, 4.69) is 15.9 Å². The highest BCUT2D eigenvalue weighted by Gasteiger charge is 2.36. The third kappa shape index (κ3) is 4.86. The zero-order valence-corrected chi connectivity index (χ0v) is 13.2. The van der Waals surface area contributed by atoms with Crippen molar-refractivity contribution in [1.29, 1.82) is 0 Å². The van der Waals surface area contributed by atoms with E-state index in [0.29, 0.717) is 0 Å². The molecule has 0 bridgehead atoms. The van der Waals surface area contributed by atoms with Gasteiger partial charge in [0.25, 0.3) is 0 Å². The van der Waals surface area contributed by atoms with Gasteiger partial charge < -0.3 is 9.47 Å². The SMILES string of the molecule is CCC(CC)OC(=O)OC(CC)(CC)C(C)Br. The predicted octanol–water partition coefficient (Wildman–Crippen LogP) is 4.67. The Balaban J connectivity index is 4.51. The molecule has 0 aromatic heterocycles. The standard InChI is InChI=1S/C13H25BrO3/c1-6-11(7-2)16-12(15)17-13(8-3,9-4)10(5)14/h10-11H,6-9H2,1-5H3. The molecule has 0 rings (SSSR count). The molecule has 0 saturated carbocycles. The summed E-state index contributed by atoms with van der Waals surface area (Å²) in [7, 11) is 0. The maximum Gasteiger partial charge on any atom is 0.509 e. The summed E-state index contributed by atoms with van der Waals surface area (Å²) >= 11 is 3.51. The van der Waals surface area contributed by atoms with Crippen LogP contribution < -0.4 is 0 Å². The average molecular weight is 309 g/mol. The van der Waals surface area contributed by atoms with E-state index in [-0.39, 0.29) is 10.9 Å². The van der Waals surface area contributed by atoms with E-state index < -0.39 is 11.8 Å². The quantitative estimate of drug-likeness (QED) is 0.506. The Bertz CT molecular complexity index is 221. The first-order valence-electron chi connectivity index (χ1n) is 6.49. The highest BCUT2D eigenvalue weighted by molar-refractivity contribution is 9.09. The van der Waals surface area contributed by atoms with Crippen LogP contribution in [0.5, 0.6) is 0 Å². The second-order valence-corrected chi connectivity index (χ2v) is 5.67. The average Bonchev–Trinajstić information content (AvgIpc) is 2.32. The molecule has 0 aromatic rings. The molecule has 0 radical (unpaired) electrons. The van der Waals surface area contributed by atoms with Crippen LogP contribution in [0.15, 0.2) is 0 Å². The number of ether oxygens (including phenoxy) is 2. The van der Waals surface area contributed by atoms with Crippen LogP contribution in [0.3, 0.4) is 0 Å². The van der Waals surface area contributed by atoms with Crippen LogP contribution >= 0.6 is 15.9 Å². The molecule has 3 nitrogen and oxygen atoms in total. The smallest absolute Gasteiger partial charge is 0.431 e. The number of halogens is 1. The Kier molecular flexibility index (Phi) is 7.84. The largest absolute Gasteiger partial charge is 0.509 e. The Morgan fingerprint density at radius 2 is 1.65 bits per heavy atom. The third-order valence-corrected chi connectivity index (χ3v) is 4.22. The van der Waals surface area contributed by atoms with Crippen LogP contribution in [0.25, 0.3) is 0 Å². The summed E-state index contributed by atoms with van der Waals surface area (Å²) in [6, 6.07) is 0. The van der Waals surface area contributed by atoms with E-state index in [1.807, 2.05) is 34.6 Å². The Morgan fingerprint density at radius 1 is 1.18 bits per heavy atom. The van der Waals surface area contributed by atoms with Crippen molar-refractivity contribution in [2.24, 2.45) is 0 Å². The molecule has 17 heavy (non-hydrogen) atoms. The molecule has 0 fully saturated rings. The minimum absolute atomic E-state index is 0.0421. The molecule has 0 heterocycles. The number of hydrogen-bond donors (Lipinski definition) is 0. The van der Waals surface area contributed by atoms with Crippen LogP contribution in [0.4, 0.5) is 4.79 Å². The zero-order valence-electron chi connectivity index (χ0n) is 11.6. The van der Waals surface area contributed by atoms with E-state index in [9.17, 15) is 4.79 Å².